The van der Waals surface area contributed by atoms with Crippen LogP contribution in [0.15, 0.2) is 60.0 Å². The molecule has 0 amide bonds. The minimum atomic E-state index is -0.224. The largest absolute Gasteiger partial charge is 0.294 e. The molecule has 0 fully saturated rings. The molecule has 0 radical (unpaired) electrons. The van der Waals surface area contributed by atoms with Gasteiger partial charge in [0.1, 0.15) is 5.69 Å². The fourth-order valence-electron chi connectivity index (χ4n) is 2.52. The van der Waals surface area contributed by atoms with Crippen LogP contribution in [0.5, 0.6) is 0 Å². The molecule has 1 heterocycles. The van der Waals surface area contributed by atoms with Gasteiger partial charge >= 0.3 is 0 Å². The summed E-state index contributed by atoms with van der Waals surface area (Å²) in [5.41, 5.74) is 3.20. The highest BCUT2D eigenvalue weighted by Gasteiger charge is 2.16. The molecule has 4 heteroatoms. The highest BCUT2D eigenvalue weighted by molar-refractivity contribution is 7.09. The number of ketones is 2. The molecule has 0 aliphatic carbocycles. The van der Waals surface area contributed by atoms with Crippen LogP contribution in [0.25, 0.3) is 0 Å². The van der Waals surface area contributed by atoms with Gasteiger partial charge < -0.3 is 0 Å². The third-order valence-corrected chi connectivity index (χ3v) is 4.50. The van der Waals surface area contributed by atoms with Crippen molar-refractivity contribution >= 4 is 22.9 Å². The van der Waals surface area contributed by atoms with Crippen LogP contribution in [0.2, 0.25) is 0 Å². The van der Waals surface area contributed by atoms with Crippen molar-refractivity contribution in [2.24, 2.45) is 0 Å². The van der Waals surface area contributed by atoms with E-state index in [0.29, 0.717) is 11.3 Å². The standard InChI is InChI=1S/C20H17NO2S/c1-14-21-18(13-24-14)20(23)12-19(22)17-9-5-8-16(11-17)10-15-6-3-2-4-7-15/h2-9,11,13H,10,12H2,1H3. The van der Waals surface area contributed by atoms with Crippen LogP contribution in [0.1, 0.15) is 43.4 Å². The molecule has 0 spiro atoms. The van der Waals surface area contributed by atoms with Gasteiger partial charge in [-0.2, -0.15) is 0 Å². The van der Waals surface area contributed by atoms with Gasteiger partial charge in [0.15, 0.2) is 11.6 Å². The van der Waals surface area contributed by atoms with E-state index in [4.69, 9.17) is 0 Å². The maximum Gasteiger partial charge on any atom is 0.189 e. The number of rotatable bonds is 6. The van der Waals surface area contributed by atoms with Gasteiger partial charge in [-0.25, -0.2) is 4.98 Å². The number of aryl methyl sites for hydroxylation is 1. The number of benzene rings is 2. The zero-order valence-electron chi connectivity index (χ0n) is 13.4. The minimum absolute atomic E-state index is 0.141. The Bertz CT molecular complexity index is 868. The average Bonchev–Trinajstić information content (AvgIpc) is 3.03. The van der Waals surface area contributed by atoms with Crippen molar-refractivity contribution in [2.75, 3.05) is 0 Å². The lowest BCUT2D eigenvalue weighted by Crippen LogP contribution is -2.09. The quantitative estimate of drug-likeness (QED) is 0.492. The Balaban J connectivity index is 1.71. The SMILES string of the molecule is Cc1nc(C(=O)CC(=O)c2cccc(Cc3ccccc3)c2)cs1. The molecule has 0 N–H and O–H groups in total. The molecule has 120 valence electrons. The lowest BCUT2D eigenvalue weighted by Gasteiger charge is -2.05. The number of Topliss-reactive ketones (excluding diaryl/α,β-unsaturated/α-hetero) is 2. The first-order valence-corrected chi connectivity index (χ1v) is 8.61. The fourth-order valence-corrected chi connectivity index (χ4v) is 3.13. The van der Waals surface area contributed by atoms with Gasteiger partial charge in [0.2, 0.25) is 0 Å². The predicted octanol–water partition coefficient (Wildman–Crippen LogP) is 4.50. The maximum absolute atomic E-state index is 12.4. The second-order valence-electron chi connectivity index (χ2n) is 5.64. The van der Waals surface area contributed by atoms with Crippen molar-refractivity contribution in [1.29, 1.82) is 0 Å². The van der Waals surface area contributed by atoms with Crippen LogP contribution in [0.4, 0.5) is 0 Å². The molecule has 3 nitrogen and oxygen atoms in total. The molecule has 0 atom stereocenters. The summed E-state index contributed by atoms with van der Waals surface area (Å²) in [6.45, 7) is 1.84. The van der Waals surface area contributed by atoms with Gasteiger partial charge in [-0.05, 0) is 30.5 Å². The summed E-state index contributed by atoms with van der Waals surface area (Å²) >= 11 is 1.42. The van der Waals surface area contributed by atoms with Gasteiger partial charge in [0, 0.05) is 10.9 Å². The molecule has 2 aromatic carbocycles. The van der Waals surface area contributed by atoms with E-state index in [1.165, 1.54) is 16.9 Å². The Morgan fingerprint density at radius 2 is 1.71 bits per heavy atom. The lowest BCUT2D eigenvalue weighted by molar-refractivity contribution is 0.0891. The second kappa shape index (κ2) is 7.32. The monoisotopic (exact) mass is 335 g/mol. The average molecular weight is 335 g/mol. The van der Waals surface area contributed by atoms with E-state index >= 15 is 0 Å². The van der Waals surface area contributed by atoms with Gasteiger partial charge in [0.05, 0.1) is 11.4 Å². The Hall–Kier alpha value is -2.59. The zero-order valence-corrected chi connectivity index (χ0v) is 14.2. The molecule has 3 rings (SSSR count). The molecule has 0 unspecified atom stereocenters. The number of nitrogens with zero attached hydrogens (tertiary/aromatic N) is 1. The Labute approximate surface area is 145 Å². The third kappa shape index (κ3) is 4.03. The van der Waals surface area contributed by atoms with Crippen molar-refractivity contribution < 1.29 is 9.59 Å². The van der Waals surface area contributed by atoms with Crippen LogP contribution >= 0.6 is 11.3 Å². The van der Waals surface area contributed by atoms with Gasteiger partial charge in [-0.3, -0.25) is 9.59 Å². The molecule has 1 aromatic heterocycles. The molecule has 3 aromatic rings. The molecular formula is C20H17NO2S. The molecule has 0 aliphatic rings. The van der Waals surface area contributed by atoms with Crippen LogP contribution in [-0.4, -0.2) is 16.6 Å². The van der Waals surface area contributed by atoms with Crippen molar-refractivity contribution in [3.63, 3.8) is 0 Å². The van der Waals surface area contributed by atoms with E-state index < -0.39 is 0 Å². The molecule has 0 saturated heterocycles. The molecular weight excluding hydrogens is 318 g/mol. The summed E-state index contributed by atoms with van der Waals surface area (Å²) in [5, 5.41) is 2.53. The van der Waals surface area contributed by atoms with Gasteiger partial charge in [0.25, 0.3) is 0 Å². The topological polar surface area (TPSA) is 47.0 Å². The van der Waals surface area contributed by atoms with E-state index in [0.717, 1.165) is 17.0 Å². The minimum Gasteiger partial charge on any atom is -0.294 e. The number of carbonyl (C=O) groups is 2. The van der Waals surface area contributed by atoms with Gasteiger partial charge in [-0.1, -0.05) is 48.5 Å². The molecule has 0 saturated carbocycles. The van der Waals surface area contributed by atoms with Crippen molar-refractivity contribution in [3.8, 4) is 0 Å². The van der Waals surface area contributed by atoms with Crippen LogP contribution in [-0.2, 0) is 6.42 Å². The van der Waals surface area contributed by atoms with E-state index in [9.17, 15) is 9.59 Å². The van der Waals surface area contributed by atoms with Crippen molar-refractivity contribution in [2.45, 2.75) is 19.8 Å². The lowest BCUT2D eigenvalue weighted by atomic mass is 9.99. The number of aromatic nitrogens is 1. The van der Waals surface area contributed by atoms with Crippen molar-refractivity contribution in [3.05, 3.63) is 87.4 Å². The first kappa shape index (κ1) is 16.3. The van der Waals surface area contributed by atoms with Crippen LogP contribution in [0.3, 0.4) is 0 Å². The fraction of sp³-hybridized carbons (Fsp3) is 0.150. The third-order valence-electron chi connectivity index (χ3n) is 3.73. The normalized spacial score (nSPS) is 10.5. The highest BCUT2D eigenvalue weighted by Crippen LogP contribution is 2.15. The van der Waals surface area contributed by atoms with Gasteiger partial charge in [-0.15, -0.1) is 11.3 Å². The predicted molar refractivity (Wildman–Crippen MR) is 95.8 cm³/mol. The Kier molecular flexibility index (Phi) is 4.96. The summed E-state index contributed by atoms with van der Waals surface area (Å²) in [7, 11) is 0. The first-order chi connectivity index (χ1) is 11.6. The number of carbonyl (C=O) groups excluding carboxylic acids is 2. The summed E-state index contributed by atoms with van der Waals surface area (Å²) < 4.78 is 0. The van der Waals surface area contributed by atoms with E-state index in [1.807, 2.05) is 43.3 Å². The summed E-state index contributed by atoms with van der Waals surface area (Å²) in [6.07, 6.45) is 0.624. The number of thiazole rings is 1. The summed E-state index contributed by atoms with van der Waals surface area (Å²) in [6, 6.07) is 17.6. The second-order valence-corrected chi connectivity index (χ2v) is 6.70. The van der Waals surface area contributed by atoms with E-state index in [-0.39, 0.29) is 18.0 Å². The molecule has 0 aliphatic heterocycles. The highest BCUT2D eigenvalue weighted by atomic mass is 32.1. The van der Waals surface area contributed by atoms with Crippen molar-refractivity contribution in [1.82, 2.24) is 4.98 Å². The molecule has 0 bridgehead atoms. The number of hydrogen-bond donors (Lipinski definition) is 0. The smallest absolute Gasteiger partial charge is 0.189 e. The zero-order chi connectivity index (χ0) is 16.9. The first-order valence-electron chi connectivity index (χ1n) is 7.73. The summed E-state index contributed by atoms with van der Waals surface area (Å²) in [4.78, 5) is 28.7. The maximum atomic E-state index is 12.4. The van der Waals surface area contributed by atoms with Crippen LogP contribution in [0, 0.1) is 6.92 Å². The Morgan fingerprint density at radius 1 is 0.958 bits per heavy atom. The summed E-state index contributed by atoms with van der Waals surface area (Å²) in [5.74, 6) is -0.390. The Morgan fingerprint density at radius 3 is 2.42 bits per heavy atom. The van der Waals surface area contributed by atoms with E-state index in [1.54, 1.807) is 11.4 Å². The number of hydrogen-bond acceptors (Lipinski definition) is 4. The van der Waals surface area contributed by atoms with Crippen LogP contribution < -0.4 is 0 Å². The van der Waals surface area contributed by atoms with E-state index in [2.05, 4.69) is 17.1 Å². The molecule has 24 heavy (non-hydrogen) atoms.